The fourth-order valence-corrected chi connectivity index (χ4v) is 13.9. The van der Waals surface area contributed by atoms with E-state index < -0.39 is 31.3 Å². The Bertz CT molecular complexity index is 3900. The largest absolute Gasteiger partial charge is 0.488 e. The van der Waals surface area contributed by atoms with Crippen LogP contribution in [0.2, 0.25) is 97.3 Å². The molecule has 0 amide bonds. The molecule has 0 spiro atoms. The Labute approximate surface area is 594 Å². The van der Waals surface area contributed by atoms with Gasteiger partial charge < -0.3 is 53.2 Å². The molecule has 0 saturated carbocycles. The highest BCUT2D eigenvalue weighted by Crippen LogP contribution is 2.34. The molecule has 3 saturated heterocycles. The molecule has 0 bridgehead atoms. The van der Waals surface area contributed by atoms with Gasteiger partial charge in [0.1, 0.15) is 41.9 Å². The van der Waals surface area contributed by atoms with Crippen molar-refractivity contribution in [3.8, 4) is 22.5 Å². The van der Waals surface area contributed by atoms with E-state index in [4.69, 9.17) is 94.8 Å². The smallest absolute Gasteiger partial charge is 0.423 e. The Morgan fingerprint density at radius 2 is 0.821 bits per heavy atom. The molecule has 2 N–H and O–H groups in total. The number of nitrogens with zero attached hydrogens (tertiary/aromatic N) is 12. The number of benzene rings is 3. The van der Waals surface area contributed by atoms with Crippen molar-refractivity contribution in [3.05, 3.63) is 128 Å². The van der Waals surface area contributed by atoms with E-state index in [0.29, 0.717) is 46.4 Å². The van der Waals surface area contributed by atoms with Crippen LogP contribution in [-0.4, -0.2) is 184 Å². The molecule has 95 heavy (non-hydrogen) atoms. The van der Waals surface area contributed by atoms with Crippen molar-refractivity contribution in [2.75, 3.05) is 113 Å². The van der Waals surface area contributed by atoms with Crippen LogP contribution in [0.5, 0.6) is 0 Å². The Hall–Kier alpha value is -4.79. The first kappa shape index (κ1) is 74.4. The van der Waals surface area contributed by atoms with E-state index in [1.807, 2.05) is 38.0 Å². The summed E-state index contributed by atoms with van der Waals surface area (Å²) in [5.41, 5.74) is 12.1. The molecule has 3 aliphatic rings. The number of hydrogen-bond acceptors (Lipinski definition) is 17. The van der Waals surface area contributed by atoms with Crippen molar-refractivity contribution in [2.24, 2.45) is 0 Å². The van der Waals surface area contributed by atoms with E-state index in [0.717, 1.165) is 177 Å². The van der Waals surface area contributed by atoms with Crippen LogP contribution in [0.4, 0.5) is 17.1 Å². The maximum absolute atomic E-state index is 8.95. The number of fused-ring (bicyclic) bond motifs is 3. The molecule has 20 nitrogen and oxygen atoms in total. The Kier molecular flexibility index (Phi) is 27.3. The molecule has 0 atom stereocenters. The number of aromatic nitrogens is 9. The molecule has 12 rings (SSSR count). The van der Waals surface area contributed by atoms with Crippen molar-refractivity contribution in [1.29, 1.82) is 0 Å². The second-order valence-electron chi connectivity index (χ2n) is 27.1. The fraction of sp³-hybridized carbons (Fsp3) is 0.455. The third-order valence-corrected chi connectivity index (χ3v) is 23.1. The summed E-state index contributed by atoms with van der Waals surface area (Å²) in [6, 6.07) is 33.0. The molecule has 29 heteroatoms. The average molecular weight is 1540 g/mol. The molecule has 0 aliphatic carbocycles. The van der Waals surface area contributed by atoms with Gasteiger partial charge in [0.05, 0.1) is 78.8 Å². The number of anilines is 3. The van der Waals surface area contributed by atoms with Gasteiger partial charge in [-0.3, -0.25) is 13.7 Å². The van der Waals surface area contributed by atoms with E-state index in [9.17, 15) is 0 Å². The molecule has 510 valence electrons. The van der Waals surface area contributed by atoms with E-state index >= 15 is 0 Å². The van der Waals surface area contributed by atoms with Gasteiger partial charge in [0.25, 0.3) is 0 Å². The summed E-state index contributed by atoms with van der Waals surface area (Å²) < 4.78 is 40.3. The van der Waals surface area contributed by atoms with Crippen LogP contribution in [0, 0.1) is 3.83 Å². The van der Waals surface area contributed by atoms with E-state index in [2.05, 4.69) is 165 Å². The SMILES string of the molecule is C[Si](C)(C)CCOCn1c(I)nc2cc(Cl)c(-c3ccc(N4CCOCC4)cc3)nc21.C[Si](C)(C)CCOCn1cnc2cc(Cl)c(-c3ccc(N4CCOCC4)cc3)nc21.C[Si](C)(C)CCOCn1cnc2cc(Cl)c(Cl)nc21.OB(O)c1ccc(N2CCOCC2)cc1. The lowest BCUT2D eigenvalue weighted by Crippen LogP contribution is -2.36. The lowest BCUT2D eigenvalue weighted by Gasteiger charge is -2.28. The number of pyridine rings is 3. The van der Waals surface area contributed by atoms with Crippen LogP contribution in [0.25, 0.3) is 56.0 Å². The van der Waals surface area contributed by atoms with Gasteiger partial charge >= 0.3 is 7.12 Å². The van der Waals surface area contributed by atoms with Crippen molar-refractivity contribution < 1.29 is 38.5 Å². The third-order valence-electron chi connectivity index (χ3n) is 15.9. The number of morpholine rings is 3. The first-order chi connectivity index (χ1) is 45.4. The third kappa shape index (κ3) is 22.1. The standard InChI is InChI=1S/C22H28ClIN4O2Si.C22H29ClN4O2Si.C12H17Cl2N3OSi.C10H14BNO3/c1-31(2,3)13-12-30-15-28-21-19(25-22(28)24)14-18(23)20(26-21)16-4-6-17(7-5-16)27-8-10-29-11-9-27;1-30(2,3)13-12-29-16-27-15-24-20-14-19(23)21(25-22(20)27)17-4-6-18(7-5-17)26-8-10-28-11-9-26;1-19(2,3)5-4-18-8-17-7-15-10-6-9(13)11(14)16-12(10)17;13-11(14)9-1-3-10(4-2-9)12-5-7-15-8-6-12/h4-7,14H,8-13,15H2,1-3H3;4-7,14-15H,8-13,16H2,1-3H3;6-7H,4-5,8H2,1-3H3;1-4,13-14H,5-8H2. The zero-order valence-electron chi connectivity index (χ0n) is 55.8. The van der Waals surface area contributed by atoms with Gasteiger partial charge in [-0.05, 0) is 78.2 Å². The van der Waals surface area contributed by atoms with Crippen molar-refractivity contribution >= 4 is 156 Å². The number of halogens is 5. The van der Waals surface area contributed by atoms with Gasteiger partial charge in [-0.1, -0.05) is 142 Å². The lowest BCUT2D eigenvalue weighted by atomic mass is 9.80. The zero-order chi connectivity index (χ0) is 67.9. The number of imidazole rings is 3. The minimum atomic E-state index is -1.39. The maximum Gasteiger partial charge on any atom is 0.488 e. The molecule has 9 aromatic rings. The predicted molar refractivity (Wildman–Crippen MR) is 404 cm³/mol. The Morgan fingerprint density at radius 1 is 0.463 bits per heavy atom. The van der Waals surface area contributed by atoms with E-state index in [1.165, 1.54) is 11.4 Å². The van der Waals surface area contributed by atoms with E-state index in [1.54, 1.807) is 30.9 Å². The average Bonchev–Trinajstić information content (AvgIpc) is 1.70. The van der Waals surface area contributed by atoms with Crippen LogP contribution in [0.1, 0.15) is 0 Å². The summed E-state index contributed by atoms with van der Waals surface area (Å²) in [7, 11) is -4.66. The Morgan fingerprint density at radius 3 is 1.22 bits per heavy atom. The monoisotopic (exact) mass is 1540 g/mol. The summed E-state index contributed by atoms with van der Waals surface area (Å²) in [5, 5.41) is 19.8. The number of hydrogen-bond donors (Lipinski definition) is 2. The highest BCUT2D eigenvalue weighted by atomic mass is 127. The second-order valence-corrected chi connectivity index (χ2v) is 46.5. The molecule has 0 radical (unpaired) electrons. The summed E-state index contributed by atoms with van der Waals surface area (Å²) in [4.78, 5) is 34.1. The molecule has 0 unspecified atom stereocenters. The highest BCUT2D eigenvalue weighted by molar-refractivity contribution is 14.1. The topological polar surface area (TPSA) is 198 Å². The summed E-state index contributed by atoms with van der Waals surface area (Å²) in [5.74, 6) is 0. The summed E-state index contributed by atoms with van der Waals surface area (Å²) in [6.07, 6.45) is 3.46. The predicted octanol–water partition coefficient (Wildman–Crippen LogP) is 13.7. The molecule has 3 aliphatic heterocycles. The number of ether oxygens (including phenoxy) is 6. The molecule has 3 aromatic carbocycles. The van der Waals surface area contributed by atoms with Crippen LogP contribution >= 0.6 is 69.0 Å². The maximum atomic E-state index is 8.95. The molecule has 9 heterocycles. The van der Waals surface area contributed by atoms with Gasteiger partial charge in [0.2, 0.25) is 0 Å². The minimum absolute atomic E-state index is 0.290. The van der Waals surface area contributed by atoms with Crippen LogP contribution in [-0.2, 0) is 48.6 Å². The summed E-state index contributed by atoms with van der Waals surface area (Å²) >= 11 is 27.2. The first-order valence-corrected chi connectivity index (χ1v) is 45.9. The zero-order valence-corrected chi connectivity index (χ0v) is 64.0. The molecule has 6 aromatic heterocycles. The lowest BCUT2D eigenvalue weighted by molar-refractivity contribution is 0.0878. The van der Waals surface area contributed by atoms with Gasteiger partial charge in [-0.25, -0.2) is 29.9 Å². The van der Waals surface area contributed by atoms with Gasteiger partial charge in [-0.15, -0.1) is 0 Å². The van der Waals surface area contributed by atoms with Gasteiger partial charge in [-0.2, -0.15) is 0 Å². The number of rotatable bonds is 21. The van der Waals surface area contributed by atoms with Crippen molar-refractivity contribution in [1.82, 2.24) is 43.6 Å². The normalized spacial score (nSPS) is 14.8. The van der Waals surface area contributed by atoms with Gasteiger partial charge in [0.15, 0.2) is 20.8 Å². The summed E-state index contributed by atoms with van der Waals surface area (Å²) in [6.45, 7) is 34.8. The quantitative estimate of drug-likeness (QED) is 0.0298. The second kappa shape index (κ2) is 34.8. The fourth-order valence-electron chi connectivity index (χ4n) is 10.2. The highest BCUT2D eigenvalue weighted by Gasteiger charge is 2.21. The van der Waals surface area contributed by atoms with Crippen LogP contribution in [0.15, 0.2) is 104 Å². The Balaban J connectivity index is 0.000000155. The first-order valence-electron chi connectivity index (χ1n) is 32.2. The van der Waals surface area contributed by atoms with E-state index in [-0.39, 0.29) is 5.15 Å². The van der Waals surface area contributed by atoms with Crippen LogP contribution < -0.4 is 20.2 Å². The minimum Gasteiger partial charge on any atom is -0.423 e. The molecular weight excluding hydrogens is 1450 g/mol. The van der Waals surface area contributed by atoms with Crippen LogP contribution in [0.3, 0.4) is 0 Å². The van der Waals surface area contributed by atoms with Crippen molar-refractivity contribution in [2.45, 2.75) is 97.2 Å². The van der Waals surface area contributed by atoms with Gasteiger partial charge in [0, 0.05) is 134 Å². The molecule has 3 fully saturated rings. The van der Waals surface area contributed by atoms with Crippen molar-refractivity contribution in [3.63, 3.8) is 0 Å². The molecular formula is C66H88BCl4IN12O8Si3.